The Bertz CT molecular complexity index is 712. The van der Waals surface area contributed by atoms with E-state index in [2.05, 4.69) is 0 Å². The second kappa shape index (κ2) is 6.50. The number of furan rings is 1. The van der Waals surface area contributed by atoms with Crippen LogP contribution in [0.2, 0.25) is 0 Å². The van der Waals surface area contributed by atoms with Gasteiger partial charge in [-0.25, -0.2) is 4.79 Å². The molecule has 4 heteroatoms. The molecule has 2 aromatic carbocycles. The van der Waals surface area contributed by atoms with Gasteiger partial charge in [-0.3, -0.25) is 0 Å². The molecular formula is C19H17NO3. The van der Waals surface area contributed by atoms with Gasteiger partial charge in [0.1, 0.15) is 12.4 Å². The molecule has 0 fully saturated rings. The lowest BCUT2D eigenvalue weighted by atomic mass is 9.84. The van der Waals surface area contributed by atoms with E-state index in [1.54, 1.807) is 12.1 Å². The van der Waals surface area contributed by atoms with Crippen LogP contribution in [-0.2, 0) is 21.7 Å². The van der Waals surface area contributed by atoms with Crippen molar-refractivity contribution in [2.24, 2.45) is 5.73 Å². The SMILES string of the molecule is NC(C(=O)OCc1ccco1)(c1ccccc1)c1ccccc1. The third-order valence-corrected chi connectivity index (χ3v) is 3.71. The van der Waals surface area contributed by atoms with Gasteiger partial charge in [-0.1, -0.05) is 60.7 Å². The smallest absolute Gasteiger partial charge is 0.335 e. The van der Waals surface area contributed by atoms with Gasteiger partial charge in [0.2, 0.25) is 0 Å². The minimum Gasteiger partial charge on any atom is -0.466 e. The van der Waals surface area contributed by atoms with E-state index in [9.17, 15) is 4.79 Å². The summed E-state index contributed by atoms with van der Waals surface area (Å²) in [4.78, 5) is 12.8. The summed E-state index contributed by atoms with van der Waals surface area (Å²) < 4.78 is 10.6. The summed E-state index contributed by atoms with van der Waals surface area (Å²) in [6.07, 6.45) is 1.53. The molecule has 0 radical (unpaired) electrons. The van der Waals surface area contributed by atoms with Crippen molar-refractivity contribution in [2.45, 2.75) is 12.1 Å². The second-order valence-corrected chi connectivity index (χ2v) is 5.20. The largest absolute Gasteiger partial charge is 0.466 e. The Morgan fingerprint density at radius 2 is 1.48 bits per heavy atom. The molecule has 23 heavy (non-hydrogen) atoms. The summed E-state index contributed by atoms with van der Waals surface area (Å²) in [7, 11) is 0. The molecule has 4 nitrogen and oxygen atoms in total. The van der Waals surface area contributed by atoms with Crippen LogP contribution in [0, 0.1) is 0 Å². The molecule has 2 N–H and O–H groups in total. The molecular weight excluding hydrogens is 290 g/mol. The van der Waals surface area contributed by atoms with E-state index < -0.39 is 11.5 Å². The first-order valence-corrected chi connectivity index (χ1v) is 7.31. The maximum atomic E-state index is 12.8. The highest BCUT2D eigenvalue weighted by atomic mass is 16.5. The van der Waals surface area contributed by atoms with E-state index in [1.165, 1.54) is 6.26 Å². The Hall–Kier alpha value is -2.85. The van der Waals surface area contributed by atoms with Crippen molar-refractivity contribution < 1.29 is 13.9 Å². The van der Waals surface area contributed by atoms with Gasteiger partial charge in [0.25, 0.3) is 0 Å². The topological polar surface area (TPSA) is 65.5 Å². The van der Waals surface area contributed by atoms with Crippen molar-refractivity contribution in [3.8, 4) is 0 Å². The molecule has 0 amide bonds. The highest BCUT2D eigenvalue weighted by molar-refractivity contribution is 5.86. The molecule has 0 spiro atoms. The molecule has 0 aliphatic heterocycles. The van der Waals surface area contributed by atoms with Crippen LogP contribution in [0.25, 0.3) is 0 Å². The first-order valence-electron chi connectivity index (χ1n) is 7.31. The van der Waals surface area contributed by atoms with Crippen molar-refractivity contribution in [1.29, 1.82) is 0 Å². The van der Waals surface area contributed by atoms with Crippen LogP contribution in [0.5, 0.6) is 0 Å². The van der Waals surface area contributed by atoms with E-state index >= 15 is 0 Å². The number of benzene rings is 2. The van der Waals surface area contributed by atoms with Gasteiger partial charge >= 0.3 is 5.97 Å². The van der Waals surface area contributed by atoms with Crippen LogP contribution >= 0.6 is 0 Å². The van der Waals surface area contributed by atoms with Gasteiger partial charge in [0, 0.05) is 0 Å². The summed E-state index contributed by atoms with van der Waals surface area (Å²) in [6.45, 7) is 0.0461. The quantitative estimate of drug-likeness (QED) is 0.735. The monoisotopic (exact) mass is 307 g/mol. The standard InChI is InChI=1S/C19H17NO3/c20-19(15-8-3-1-4-9-15,16-10-5-2-6-11-16)18(21)23-14-17-12-7-13-22-17/h1-13H,14,20H2. The Labute approximate surface area is 134 Å². The zero-order valence-corrected chi connectivity index (χ0v) is 12.5. The number of rotatable bonds is 5. The fourth-order valence-electron chi connectivity index (χ4n) is 2.45. The molecule has 0 saturated heterocycles. The van der Waals surface area contributed by atoms with Crippen LogP contribution in [0.15, 0.2) is 83.5 Å². The molecule has 0 unspecified atom stereocenters. The maximum Gasteiger partial charge on any atom is 0.335 e. The second-order valence-electron chi connectivity index (χ2n) is 5.20. The van der Waals surface area contributed by atoms with Gasteiger partial charge < -0.3 is 14.9 Å². The number of carbonyl (C=O) groups excluding carboxylic acids is 1. The fourth-order valence-corrected chi connectivity index (χ4v) is 2.45. The third kappa shape index (κ3) is 3.03. The van der Waals surface area contributed by atoms with E-state index in [-0.39, 0.29) is 6.61 Å². The van der Waals surface area contributed by atoms with Crippen LogP contribution in [0.4, 0.5) is 0 Å². The predicted molar refractivity (Wildman–Crippen MR) is 86.4 cm³/mol. The molecule has 0 aliphatic carbocycles. The van der Waals surface area contributed by atoms with Gasteiger partial charge in [-0.05, 0) is 23.3 Å². The number of ether oxygens (including phenoxy) is 1. The van der Waals surface area contributed by atoms with Crippen LogP contribution in [0.1, 0.15) is 16.9 Å². The van der Waals surface area contributed by atoms with Crippen molar-refractivity contribution >= 4 is 5.97 Å². The summed E-state index contributed by atoms with van der Waals surface area (Å²) >= 11 is 0. The molecule has 116 valence electrons. The highest BCUT2D eigenvalue weighted by Gasteiger charge is 2.39. The molecule has 1 heterocycles. The Morgan fingerprint density at radius 1 is 0.913 bits per heavy atom. The van der Waals surface area contributed by atoms with Gasteiger partial charge in [0.05, 0.1) is 6.26 Å². The van der Waals surface area contributed by atoms with Gasteiger partial charge in [0.15, 0.2) is 5.54 Å². The molecule has 1 aromatic heterocycles. The Kier molecular flexibility index (Phi) is 4.26. The maximum absolute atomic E-state index is 12.8. The number of esters is 1. The highest BCUT2D eigenvalue weighted by Crippen LogP contribution is 2.28. The van der Waals surface area contributed by atoms with Crippen molar-refractivity contribution in [2.75, 3.05) is 0 Å². The number of hydrogen-bond donors (Lipinski definition) is 1. The summed E-state index contributed by atoms with van der Waals surface area (Å²) in [5.41, 5.74) is 6.51. The average Bonchev–Trinajstić information content (AvgIpc) is 3.14. The number of nitrogens with two attached hydrogens (primary N) is 1. The number of hydrogen-bond acceptors (Lipinski definition) is 4. The van der Waals surface area contributed by atoms with E-state index in [4.69, 9.17) is 14.9 Å². The molecule has 0 aliphatic rings. The van der Waals surface area contributed by atoms with Crippen molar-refractivity contribution in [3.05, 3.63) is 95.9 Å². The lowest BCUT2D eigenvalue weighted by Crippen LogP contribution is -2.47. The molecule has 3 aromatic rings. The van der Waals surface area contributed by atoms with Gasteiger partial charge in [-0.15, -0.1) is 0 Å². The van der Waals surface area contributed by atoms with Crippen molar-refractivity contribution in [3.63, 3.8) is 0 Å². The minimum atomic E-state index is -1.37. The minimum absolute atomic E-state index is 0.0461. The average molecular weight is 307 g/mol. The first kappa shape index (κ1) is 15.1. The molecule has 0 bridgehead atoms. The summed E-state index contributed by atoms with van der Waals surface area (Å²) in [5, 5.41) is 0. The third-order valence-electron chi connectivity index (χ3n) is 3.71. The van der Waals surface area contributed by atoms with E-state index in [0.717, 1.165) is 0 Å². The normalized spacial score (nSPS) is 11.2. The predicted octanol–water partition coefficient (Wildman–Crippen LogP) is 3.23. The Morgan fingerprint density at radius 3 is 1.96 bits per heavy atom. The fraction of sp³-hybridized carbons (Fsp3) is 0.105. The summed E-state index contributed by atoms with van der Waals surface area (Å²) in [5.74, 6) is 0.0492. The van der Waals surface area contributed by atoms with Crippen LogP contribution < -0.4 is 5.73 Å². The van der Waals surface area contributed by atoms with E-state index in [1.807, 2.05) is 60.7 Å². The lowest BCUT2D eigenvalue weighted by molar-refractivity contribution is -0.150. The summed E-state index contributed by atoms with van der Waals surface area (Å²) in [6, 6.07) is 21.9. The van der Waals surface area contributed by atoms with Crippen LogP contribution in [-0.4, -0.2) is 5.97 Å². The lowest BCUT2D eigenvalue weighted by Gasteiger charge is -2.28. The first-order chi connectivity index (χ1) is 11.2. The zero-order valence-electron chi connectivity index (χ0n) is 12.5. The molecule has 0 atom stereocenters. The van der Waals surface area contributed by atoms with Crippen LogP contribution in [0.3, 0.4) is 0 Å². The van der Waals surface area contributed by atoms with Gasteiger partial charge in [-0.2, -0.15) is 0 Å². The van der Waals surface area contributed by atoms with Crippen molar-refractivity contribution in [1.82, 2.24) is 0 Å². The molecule has 0 saturated carbocycles. The number of carbonyl (C=O) groups is 1. The Balaban J connectivity index is 1.93. The van der Waals surface area contributed by atoms with E-state index in [0.29, 0.717) is 16.9 Å². The molecule has 3 rings (SSSR count). The zero-order chi connectivity index (χ0) is 16.1.